The Morgan fingerprint density at radius 1 is 1.41 bits per heavy atom. The van der Waals surface area contributed by atoms with Crippen molar-refractivity contribution < 1.29 is 14.6 Å². The van der Waals surface area contributed by atoms with Gasteiger partial charge in [-0.25, -0.2) is 4.79 Å². The van der Waals surface area contributed by atoms with Gasteiger partial charge < -0.3 is 14.4 Å². The van der Waals surface area contributed by atoms with Gasteiger partial charge >= 0.3 is 5.97 Å². The van der Waals surface area contributed by atoms with Crippen LogP contribution >= 0.6 is 15.9 Å². The Hall–Kier alpha value is -1.49. The average Bonchev–Trinajstić information content (AvgIpc) is 3.06. The van der Waals surface area contributed by atoms with Crippen molar-refractivity contribution in [3.63, 3.8) is 0 Å². The summed E-state index contributed by atoms with van der Waals surface area (Å²) in [6, 6.07) is 3.98. The number of phenols is 1. The topological polar surface area (TPSA) is 51.5 Å². The first-order valence-electron chi connectivity index (χ1n) is 7.74. The van der Waals surface area contributed by atoms with E-state index in [9.17, 15) is 9.90 Å². The van der Waals surface area contributed by atoms with E-state index in [-0.39, 0.29) is 11.7 Å². The van der Waals surface area contributed by atoms with Crippen LogP contribution in [0.1, 0.15) is 54.7 Å². The van der Waals surface area contributed by atoms with E-state index in [1.807, 2.05) is 13.0 Å². The van der Waals surface area contributed by atoms with Crippen LogP contribution in [0, 0.1) is 6.92 Å². The molecule has 1 aliphatic carbocycles. The van der Waals surface area contributed by atoms with Crippen LogP contribution in [0.4, 0.5) is 0 Å². The number of hydrogen-bond donors (Lipinski definition) is 1. The van der Waals surface area contributed by atoms with E-state index in [2.05, 4.69) is 20.5 Å². The van der Waals surface area contributed by atoms with Crippen molar-refractivity contribution in [1.29, 1.82) is 0 Å². The van der Waals surface area contributed by atoms with Crippen LogP contribution in [0.3, 0.4) is 0 Å². The number of ether oxygens (including phenoxy) is 1. The molecule has 4 nitrogen and oxygen atoms in total. The van der Waals surface area contributed by atoms with E-state index in [1.54, 1.807) is 13.0 Å². The van der Waals surface area contributed by atoms with Gasteiger partial charge in [0.15, 0.2) is 0 Å². The summed E-state index contributed by atoms with van der Waals surface area (Å²) in [5, 5.41) is 10.8. The predicted molar refractivity (Wildman–Crippen MR) is 89.5 cm³/mol. The molecule has 1 heterocycles. The van der Waals surface area contributed by atoms with Crippen LogP contribution in [0.2, 0.25) is 0 Å². The first kappa shape index (κ1) is 15.4. The minimum absolute atomic E-state index is 0.140. The molecule has 22 heavy (non-hydrogen) atoms. The molecule has 0 bridgehead atoms. The lowest BCUT2D eigenvalue weighted by Gasteiger charge is -2.16. The molecule has 1 aromatic carbocycles. The molecule has 1 fully saturated rings. The van der Waals surface area contributed by atoms with Crippen LogP contribution in [0.5, 0.6) is 5.75 Å². The van der Waals surface area contributed by atoms with Gasteiger partial charge in [-0.3, -0.25) is 0 Å². The minimum atomic E-state index is -0.316. The van der Waals surface area contributed by atoms with Gasteiger partial charge in [-0.15, -0.1) is 0 Å². The molecule has 1 saturated carbocycles. The summed E-state index contributed by atoms with van der Waals surface area (Å²) in [5.74, 6) is -0.176. The van der Waals surface area contributed by atoms with Crippen LogP contribution in [0.25, 0.3) is 10.9 Å². The molecule has 3 rings (SSSR count). The highest BCUT2D eigenvalue weighted by atomic mass is 79.9. The number of hydrogen-bond acceptors (Lipinski definition) is 3. The molecule has 1 N–H and O–H groups in total. The normalized spacial score (nSPS) is 15.6. The van der Waals surface area contributed by atoms with Gasteiger partial charge in [0, 0.05) is 17.1 Å². The smallest absolute Gasteiger partial charge is 0.340 e. The van der Waals surface area contributed by atoms with Crippen molar-refractivity contribution in [2.45, 2.75) is 45.6 Å². The van der Waals surface area contributed by atoms with Crippen molar-refractivity contribution >= 4 is 32.8 Å². The van der Waals surface area contributed by atoms with Gasteiger partial charge in [-0.05, 0) is 54.8 Å². The third kappa shape index (κ3) is 2.41. The molecular weight excluding hydrogens is 346 g/mol. The maximum Gasteiger partial charge on any atom is 0.340 e. The Balaban J connectivity index is 2.27. The second-order valence-corrected chi connectivity index (χ2v) is 6.66. The summed E-state index contributed by atoms with van der Waals surface area (Å²) in [6.07, 6.45) is 4.70. The van der Waals surface area contributed by atoms with Crippen LogP contribution < -0.4 is 0 Å². The lowest BCUT2D eigenvalue weighted by Crippen LogP contribution is -2.10. The molecule has 0 amide bonds. The van der Waals surface area contributed by atoms with E-state index in [0.717, 1.165) is 29.4 Å². The molecule has 0 atom stereocenters. The fraction of sp³-hybridized carbons (Fsp3) is 0.471. The van der Waals surface area contributed by atoms with E-state index in [0.29, 0.717) is 22.7 Å². The molecule has 0 spiro atoms. The number of aromatic nitrogens is 1. The Labute approximate surface area is 138 Å². The van der Waals surface area contributed by atoms with Crippen LogP contribution in [0.15, 0.2) is 16.6 Å². The molecule has 0 radical (unpaired) electrons. The first-order chi connectivity index (χ1) is 10.5. The number of aromatic hydroxyl groups is 1. The maximum absolute atomic E-state index is 12.4. The minimum Gasteiger partial charge on any atom is -0.507 e. The lowest BCUT2D eigenvalue weighted by atomic mass is 10.1. The summed E-state index contributed by atoms with van der Waals surface area (Å²) in [7, 11) is 0. The predicted octanol–water partition coefficient (Wildman–Crippen LogP) is 4.71. The van der Waals surface area contributed by atoms with E-state index in [4.69, 9.17) is 4.74 Å². The Morgan fingerprint density at radius 3 is 2.73 bits per heavy atom. The molecule has 0 aliphatic heterocycles. The molecule has 118 valence electrons. The Morgan fingerprint density at radius 2 is 2.09 bits per heavy atom. The van der Waals surface area contributed by atoms with Gasteiger partial charge in [-0.2, -0.15) is 0 Å². The summed E-state index contributed by atoms with van der Waals surface area (Å²) in [6.45, 7) is 4.11. The number of halogens is 1. The average molecular weight is 366 g/mol. The lowest BCUT2D eigenvalue weighted by molar-refractivity contribution is 0.0527. The number of carbonyl (C=O) groups excluding carboxylic acids is 1. The highest BCUT2D eigenvalue weighted by molar-refractivity contribution is 9.10. The number of fused-ring (bicyclic) bond motifs is 1. The number of esters is 1. The molecular formula is C17H20BrNO3. The second kappa shape index (κ2) is 5.95. The highest BCUT2D eigenvalue weighted by Gasteiger charge is 2.27. The largest absolute Gasteiger partial charge is 0.507 e. The number of carbonyl (C=O) groups is 1. The molecule has 5 heteroatoms. The summed E-state index contributed by atoms with van der Waals surface area (Å²) >= 11 is 3.38. The number of nitrogens with zero attached hydrogens (tertiary/aromatic N) is 1. The zero-order chi connectivity index (χ0) is 15.9. The molecule has 1 aliphatic rings. The third-order valence-electron chi connectivity index (χ3n) is 4.49. The fourth-order valence-corrected chi connectivity index (χ4v) is 3.87. The summed E-state index contributed by atoms with van der Waals surface area (Å²) in [4.78, 5) is 12.4. The summed E-state index contributed by atoms with van der Waals surface area (Å²) < 4.78 is 8.11. The van der Waals surface area contributed by atoms with Crippen molar-refractivity contribution in [1.82, 2.24) is 4.57 Å². The van der Waals surface area contributed by atoms with Gasteiger partial charge in [-0.1, -0.05) is 12.8 Å². The molecule has 1 aromatic heterocycles. The monoisotopic (exact) mass is 365 g/mol. The fourth-order valence-electron chi connectivity index (χ4n) is 3.54. The quantitative estimate of drug-likeness (QED) is 0.801. The SMILES string of the molecule is CCOC(=O)c1c(C)n(C2CCCC2)c2cc(Br)c(O)cc12. The van der Waals surface area contributed by atoms with E-state index < -0.39 is 0 Å². The zero-order valence-corrected chi connectivity index (χ0v) is 14.4. The first-order valence-corrected chi connectivity index (χ1v) is 8.54. The van der Waals surface area contributed by atoms with Gasteiger partial charge in [0.05, 0.1) is 22.2 Å². The molecule has 0 unspecified atom stereocenters. The van der Waals surface area contributed by atoms with Gasteiger partial charge in [0.2, 0.25) is 0 Å². The van der Waals surface area contributed by atoms with Crippen LogP contribution in [-0.4, -0.2) is 22.2 Å². The molecule has 2 aromatic rings. The Bertz CT molecular complexity index is 729. The third-order valence-corrected chi connectivity index (χ3v) is 5.12. The van der Waals surface area contributed by atoms with E-state index >= 15 is 0 Å². The second-order valence-electron chi connectivity index (χ2n) is 5.81. The van der Waals surface area contributed by atoms with Crippen molar-refractivity contribution in [3.8, 4) is 5.75 Å². The van der Waals surface area contributed by atoms with Crippen molar-refractivity contribution in [2.75, 3.05) is 6.61 Å². The highest BCUT2D eigenvalue weighted by Crippen LogP contribution is 2.40. The maximum atomic E-state index is 12.4. The van der Waals surface area contributed by atoms with Gasteiger partial charge in [0.25, 0.3) is 0 Å². The zero-order valence-electron chi connectivity index (χ0n) is 12.9. The number of phenolic OH excluding ortho intramolecular Hbond substituents is 1. The van der Waals surface area contributed by atoms with Crippen LogP contribution in [-0.2, 0) is 4.74 Å². The van der Waals surface area contributed by atoms with E-state index in [1.165, 1.54) is 12.8 Å². The number of rotatable bonds is 3. The summed E-state index contributed by atoms with van der Waals surface area (Å²) in [5.41, 5.74) is 2.49. The molecule has 0 saturated heterocycles. The van der Waals surface area contributed by atoms with Crippen molar-refractivity contribution in [3.05, 3.63) is 27.9 Å². The van der Waals surface area contributed by atoms with Crippen molar-refractivity contribution in [2.24, 2.45) is 0 Å². The number of benzene rings is 1. The Kier molecular flexibility index (Phi) is 4.17. The van der Waals surface area contributed by atoms with Gasteiger partial charge in [0.1, 0.15) is 5.75 Å². The standard InChI is InChI=1S/C17H20BrNO3/c1-3-22-17(21)16-10(2)19(11-6-4-5-7-11)14-9-13(18)15(20)8-12(14)16/h8-9,11,20H,3-7H2,1-2H3.